The lowest BCUT2D eigenvalue weighted by atomic mass is 10.1. The van der Waals surface area contributed by atoms with Crippen LogP contribution in [0.2, 0.25) is 5.02 Å². The number of carbonyl (C=O) groups excluding carboxylic acids is 1. The first-order chi connectivity index (χ1) is 8.18. The van der Waals surface area contributed by atoms with Gasteiger partial charge in [0.05, 0.1) is 12.2 Å². The van der Waals surface area contributed by atoms with Gasteiger partial charge in [-0.25, -0.2) is 0 Å². The first-order valence-electron chi connectivity index (χ1n) is 5.01. The maximum absolute atomic E-state index is 11.8. The fourth-order valence-electron chi connectivity index (χ4n) is 1.44. The Hall–Kier alpha value is -1.46. The van der Waals surface area contributed by atoms with Gasteiger partial charge in [-0.1, -0.05) is 34.3 Å². The molecule has 0 aliphatic rings. The zero-order valence-corrected chi connectivity index (χ0v) is 10.6. The summed E-state index contributed by atoms with van der Waals surface area (Å²) < 4.78 is 3.65. The van der Waals surface area contributed by atoms with Crippen molar-refractivity contribution in [3.8, 4) is 0 Å². The fourth-order valence-corrected chi connectivity index (χ4v) is 2.16. The molecule has 0 aliphatic heterocycles. The monoisotopic (exact) mass is 267 g/mol. The fraction of sp³-hybridized carbons (Fsp3) is 0.182. The Bertz CT molecular complexity index is 515. The summed E-state index contributed by atoms with van der Waals surface area (Å²) in [5.41, 5.74) is 0.889. The number of rotatable bonds is 3. The number of hydrogen-bond donors (Lipinski definition) is 1. The summed E-state index contributed by atoms with van der Waals surface area (Å²) in [6, 6.07) is 7.27. The minimum Gasteiger partial charge on any atom is -0.345 e. The van der Waals surface area contributed by atoms with E-state index in [1.807, 2.05) is 25.1 Å². The molecule has 1 heterocycles. The number of aromatic nitrogens is 2. The molecule has 0 unspecified atom stereocenters. The second-order valence-corrected chi connectivity index (χ2v) is 4.69. The number of carbonyl (C=O) groups is 1. The molecule has 0 saturated heterocycles. The molecular weight excluding hydrogens is 258 g/mol. The minimum atomic E-state index is -0.188. The Balaban J connectivity index is 2.10. The van der Waals surface area contributed by atoms with Gasteiger partial charge in [0.15, 0.2) is 0 Å². The Morgan fingerprint density at radius 3 is 2.88 bits per heavy atom. The van der Waals surface area contributed by atoms with E-state index < -0.39 is 0 Å². The van der Waals surface area contributed by atoms with Crippen LogP contribution in [0.5, 0.6) is 0 Å². The third kappa shape index (κ3) is 2.81. The number of halogens is 1. The van der Waals surface area contributed by atoms with E-state index in [-0.39, 0.29) is 11.9 Å². The zero-order chi connectivity index (χ0) is 12.3. The summed E-state index contributed by atoms with van der Waals surface area (Å²) in [6.45, 7) is 1.88. The third-order valence-corrected chi connectivity index (χ3v) is 3.31. The topological polar surface area (TPSA) is 54.9 Å². The van der Waals surface area contributed by atoms with E-state index in [1.165, 1.54) is 6.20 Å². The van der Waals surface area contributed by atoms with Crippen molar-refractivity contribution < 1.29 is 4.79 Å². The van der Waals surface area contributed by atoms with Crippen LogP contribution in [0.1, 0.15) is 28.2 Å². The second-order valence-electron chi connectivity index (χ2n) is 3.50. The van der Waals surface area contributed by atoms with Crippen molar-refractivity contribution in [1.82, 2.24) is 14.9 Å². The van der Waals surface area contributed by atoms with Gasteiger partial charge in [0, 0.05) is 5.02 Å². The predicted molar refractivity (Wildman–Crippen MR) is 67.2 cm³/mol. The summed E-state index contributed by atoms with van der Waals surface area (Å²) in [4.78, 5) is 12.3. The van der Waals surface area contributed by atoms with Crippen LogP contribution < -0.4 is 5.32 Å². The molecule has 1 aromatic heterocycles. The quantitative estimate of drug-likeness (QED) is 0.930. The van der Waals surface area contributed by atoms with Gasteiger partial charge in [0.1, 0.15) is 4.88 Å². The van der Waals surface area contributed by atoms with Crippen LogP contribution in [0.25, 0.3) is 0 Å². The molecule has 0 saturated carbocycles. The molecule has 0 radical (unpaired) electrons. The van der Waals surface area contributed by atoms with Gasteiger partial charge in [0.2, 0.25) is 0 Å². The molecule has 0 bridgehead atoms. The van der Waals surface area contributed by atoms with Crippen LogP contribution >= 0.6 is 23.1 Å². The molecule has 0 spiro atoms. The lowest BCUT2D eigenvalue weighted by Gasteiger charge is -2.14. The van der Waals surface area contributed by atoms with E-state index in [0.717, 1.165) is 17.1 Å². The van der Waals surface area contributed by atoms with Crippen molar-refractivity contribution in [2.24, 2.45) is 0 Å². The molecule has 0 fully saturated rings. The van der Waals surface area contributed by atoms with Crippen LogP contribution in [0.3, 0.4) is 0 Å². The lowest BCUT2D eigenvalue weighted by Crippen LogP contribution is -2.26. The predicted octanol–water partition coefficient (Wildman–Crippen LogP) is 2.68. The molecule has 1 aromatic carbocycles. The molecule has 2 aromatic rings. The Morgan fingerprint density at radius 1 is 1.47 bits per heavy atom. The number of nitrogens with zero attached hydrogens (tertiary/aromatic N) is 2. The van der Waals surface area contributed by atoms with Crippen LogP contribution in [0, 0.1) is 0 Å². The molecule has 6 heteroatoms. The average Bonchev–Trinajstić information content (AvgIpc) is 2.82. The molecule has 88 valence electrons. The van der Waals surface area contributed by atoms with Crippen LogP contribution in [0.4, 0.5) is 0 Å². The number of nitrogens with one attached hydrogen (secondary N) is 1. The second kappa shape index (κ2) is 5.25. The van der Waals surface area contributed by atoms with Crippen LogP contribution in [-0.2, 0) is 0 Å². The highest BCUT2D eigenvalue weighted by Gasteiger charge is 2.14. The molecule has 17 heavy (non-hydrogen) atoms. The first kappa shape index (κ1) is 12.0. The van der Waals surface area contributed by atoms with Gasteiger partial charge in [0.25, 0.3) is 5.91 Å². The molecule has 0 aliphatic carbocycles. The Labute approximate surface area is 108 Å². The normalized spacial score (nSPS) is 12.1. The van der Waals surface area contributed by atoms with Gasteiger partial charge < -0.3 is 5.32 Å². The standard InChI is InChI=1S/C11H10ClN3OS/c1-7(8-4-2-3-5-9(8)12)14-11(16)10-6-13-15-17-10/h2-7H,1H3,(H,14,16)/t7-/m1/s1. The number of hydrogen-bond acceptors (Lipinski definition) is 4. The van der Waals surface area contributed by atoms with Crippen molar-refractivity contribution in [3.63, 3.8) is 0 Å². The van der Waals surface area contributed by atoms with Gasteiger partial charge in [-0.15, -0.1) is 5.10 Å². The largest absolute Gasteiger partial charge is 0.345 e. The van der Waals surface area contributed by atoms with Crippen LogP contribution in [-0.4, -0.2) is 15.5 Å². The Kier molecular flexibility index (Phi) is 3.71. The van der Waals surface area contributed by atoms with Gasteiger partial charge in [-0.2, -0.15) is 0 Å². The SMILES string of the molecule is C[C@@H](NC(=O)c1cnns1)c1ccccc1Cl. The van der Waals surface area contributed by atoms with E-state index in [0.29, 0.717) is 9.90 Å². The summed E-state index contributed by atoms with van der Waals surface area (Å²) in [5.74, 6) is -0.188. The summed E-state index contributed by atoms with van der Waals surface area (Å²) in [6.07, 6.45) is 1.44. The smallest absolute Gasteiger partial charge is 0.265 e. The van der Waals surface area contributed by atoms with E-state index in [2.05, 4.69) is 14.9 Å². The molecule has 1 atom stereocenters. The average molecular weight is 268 g/mol. The summed E-state index contributed by atoms with van der Waals surface area (Å²) >= 11 is 7.12. The van der Waals surface area contributed by atoms with E-state index >= 15 is 0 Å². The van der Waals surface area contributed by atoms with Crippen molar-refractivity contribution in [2.45, 2.75) is 13.0 Å². The third-order valence-electron chi connectivity index (χ3n) is 2.30. The zero-order valence-electron chi connectivity index (χ0n) is 9.05. The van der Waals surface area contributed by atoms with Gasteiger partial charge in [-0.05, 0) is 30.1 Å². The van der Waals surface area contributed by atoms with Crippen molar-refractivity contribution >= 4 is 29.0 Å². The van der Waals surface area contributed by atoms with E-state index in [4.69, 9.17) is 11.6 Å². The number of amides is 1. The van der Waals surface area contributed by atoms with Gasteiger partial charge >= 0.3 is 0 Å². The van der Waals surface area contributed by atoms with Gasteiger partial charge in [-0.3, -0.25) is 4.79 Å². The van der Waals surface area contributed by atoms with Crippen LogP contribution in [0.15, 0.2) is 30.5 Å². The Morgan fingerprint density at radius 2 is 2.24 bits per heavy atom. The molecule has 1 amide bonds. The first-order valence-corrected chi connectivity index (χ1v) is 6.16. The van der Waals surface area contributed by atoms with Crippen molar-refractivity contribution in [2.75, 3.05) is 0 Å². The summed E-state index contributed by atoms with van der Waals surface area (Å²) in [7, 11) is 0. The molecule has 1 N–H and O–H groups in total. The highest BCUT2D eigenvalue weighted by atomic mass is 35.5. The summed E-state index contributed by atoms with van der Waals surface area (Å²) in [5, 5.41) is 7.11. The highest BCUT2D eigenvalue weighted by Crippen LogP contribution is 2.22. The highest BCUT2D eigenvalue weighted by molar-refractivity contribution is 7.07. The van der Waals surface area contributed by atoms with Crippen molar-refractivity contribution in [1.29, 1.82) is 0 Å². The van der Waals surface area contributed by atoms with E-state index in [9.17, 15) is 4.79 Å². The number of benzene rings is 1. The maximum atomic E-state index is 11.8. The molecular formula is C11H10ClN3OS. The maximum Gasteiger partial charge on any atom is 0.265 e. The minimum absolute atomic E-state index is 0.154. The molecule has 2 rings (SSSR count). The van der Waals surface area contributed by atoms with Crippen molar-refractivity contribution in [3.05, 3.63) is 45.9 Å². The lowest BCUT2D eigenvalue weighted by molar-refractivity contribution is 0.0944. The van der Waals surface area contributed by atoms with E-state index in [1.54, 1.807) is 6.07 Å². The molecule has 4 nitrogen and oxygen atoms in total.